The Balaban J connectivity index is 1.87. The number of carbonyl (C=O) groups is 2. The summed E-state index contributed by atoms with van der Waals surface area (Å²) in [5.41, 5.74) is -0.578. The molecule has 7 nitrogen and oxygen atoms in total. The van der Waals surface area contributed by atoms with Crippen molar-refractivity contribution in [1.82, 2.24) is 0 Å². The lowest BCUT2D eigenvalue weighted by Crippen LogP contribution is -2.28. The molecule has 0 aliphatic heterocycles. The van der Waals surface area contributed by atoms with Crippen LogP contribution >= 0.6 is 0 Å². The van der Waals surface area contributed by atoms with Crippen molar-refractivity contribution in [3.8, 4) is 28.7 Å². The van der Waals surface area contributed by atoms with Gasteiger partial charge in [0.1, 0.15) is 17.2 Å². The van der Waals surface area contributed by atoms with Crippen LogP contribution in [-0.4, -0.2) is 28.8 Å². The van der Waals surface area contributed by atoms with Crippen molar-refractivity contribution in [2.75, 3.05) is 6.61 Å². The molecular formula is C20H22O7. The molecule has 2 N–H and O–H groups in total. The third-order valence-corrected chi connectivity index (χ3v) is 4.01. The molecule has 0 aliphatic carbocycles. The number of rotatable bonds is 7. The van der Waals surface area contributed by atoms with Gasteiger partial charge >= 0.3 is 11.9 Å². The summed E-state index contributed by atoms with van der Waals surface area (Å²) < 4.78 is 15.6. The molecule has 2 aromatic carbocycles. The quantitative estimate of drug-likeness (QED) is 0.435. The fourth-order valence-electron chi connectivity index (χ4n) is 1.86. The van der Waals surface area contributed by atoms with E-state index in [-0.39, 0.29) is 35.6 Å². The fourth-order valence-corrected chi connectivity index (χ4v) is 1.86. The SMILES string of the molecule is CCC(C)(C)C(=O)Oc1ccc(OC(=O)COc2ccc(O)c(O)c2)cc1. The molecule has 0 aliphatic rings. The van der Waals surface area contributed by atoms with E-state index >= 15 is 0 Å². The van der Waals surface area contributed by atoms with Crippen molar-refractivity contribution in [3.05, 3.63) is 42.5 Å². The Morgan fingerprint density at radius 3 is 2.00 bits per heavy atom. The Bertz CT molecular complexity index is 810. The topological polar surface area (TPSA) is 102 Å². The molecule has 2 rings (SSSR count). The van der Waals surface area contributed by atoms with Gasteiger partial charge in [-0.15, -0.1) is 0 Å². The van der Waals surface area contributed by atoms with E-state index in [0.717, 1.165) is 0 Å². The lowest BCUT2D eigenvalue weighted by molar-refractivity contribution is -0.144. The van der Waals surface area contributed by atoms with E-state index < -0.39 is 11.4 Å². The normalized spacial score (nSPS) is 10.9. The summed E-state index contributed by atoms with van der Waals surface area (Å²) in [5.74, 6) is -0.781. The Kier molecular flexibility index (Phi) is 6.28. The number of hydrogen-bond acceptors (Lipinski definition) is 7. The van der Waals surface area contributed by atoms with E-state index in [2.05, 4.69) is 0 Å². The molecule has 0 heterocycles. The molecule has 0 atom stereocenters. The van der Waals surface area contributed by atoms with Crippen molar-refractivity contribution in [3.63, 3.8) is 0 Å². The van der Waals surface area contributed by atoms with Crippen molar-refractivity contribution >= 4 is 11.9 Å². The number of aromatic hydroxyl groups is 2. The number of benzene rings is 2. The van der Waals surface area contributed by atoms with Gasteiger partial charge in [0.15, 0.2) is 18.1 Å². The van der Waals surface area contributed by atoms with Crippen molar-refractivity contribution in [2.45, 2.75) is 27.2 Å². The number of ether oxygens (including phenoxy) is 3. The van der Waals surface area contributed by atoms with Crippen molar-refractivity contribution in [1.29, 1.82) is 0 Å². The molecule has 0 amide bonds. The summed E-state index contributed by atoms with van der Waals surface area (Å²) in [5, 5.41) is 18.6. The third-order valence-electron chi connectivity index (χ3n) is 4.01. The van der Waals surface area contributed by atoms with Crippen LogP contribution in [0.5, 0.6) is 28.7 Å². The van der Waals surface area contributed by atoms with Gasteiger partial charge in [0.2, 0.25) is 0 Å². The van der Waals surface area contributed by atoms with E-state index in [1.165, 1.54) is 42.5 Å². The monoisotopic (exact) mass is 374 g/mol. The first-order chi connectivity index (χ1) is 12.7. The molecule has 27 heavy (non-hydrogen) atoms. The summed E-state index contributed by atoms with van der Waals surface area (Å²) >= 11 is 0. The molecule has 0 aromatic heterocycles. The van der Waals surface area contributed by atoms with Crippen LogP contribution in [0.3, 0.4) is 0 Å². The van der Waals surface area contributed by atoms with E-state index in [4.69, 9.17) is 14.2 Å². The zero-order valence-electron chi connectivity index (χ0n) is 15.4. The lowest BCUT2D eigenvalue weighted by Gasteiger charge is -2.20. The average Bonchev–Trinajstić information content (AvgIpc) is 2.64. The number of carbonyl (C=O) groups excluding carboxylic acids is 2. The van der Waals surface area contributed by atoms with Crippen LogP contribution in [0.1, 0.15) is 27.2 Å². The molecule has 0 spiro atoms. The first kappa shape index (κ1) is 20.1. The average molecular weight is 374 g/mol. The van der Waals surface area contributed by atoms with Crippen LogP contribution in [0.25, 0.3) is 0 Å². The predicted molar refractivity (Wildman–Crippen MR) is 97.1 cm³/mol. The Morgan fingerprint density at radius 1 is 0.889 bits per heavy atom. The van der Waals surface area contributed by atoms with Crippen LogP contribution in [0.2, 0.25) is 0 Å². The largest absolute Gasteiger partial charge is 0.504 e. The van der Waals surface area contributed by atoms with Gasteiger partial charge in [0, 0.05) is 6.07 Å². The molecule has 0 radical (unpaired) electrons. The zero-order valence-corrected chi connectivity index (χ0v) is 15.4. The molecule has 0 saturated carbocycles. The Labute approximate surface area is 157 Å². The van der Waals surface area contributed by atoms with Gasteiger partial charge in [0.05, 0.1) is 5.41 Å². The zero-order chi connectivity index (χ0) is 20.0. The van der Waals surface area contributed by atoms with Crippen LogP contribution < -0.4 is 14.2 Å². The molecule has 2 aromatic rings. The molecule has 7 heteroatoms. The van der Waals surface area contributed by atoms with Crippen LogP contribution in [0.15, 0.2) is 42.5 Å². The minimum atomic E-state index is -0.653. The number of esters is 2. The summed E-state index contributed by atoms with van der Waals surface area (Å²) in [4.78, 5) is 23.9. The van der Waals surface area contributed by atoms with E-state index in [0.29, 0.717) is 12.2 Å². The highest BCUT2D eigenvalue weighted by Gasteiger charge is 2.27. The minimum absolute atomic E-state index is 0.211. The lowest BCUT2D eigenvalue weighted by atomic mass is 9.91. The summed E-state index contributed by atoms with van der Waals surface area (Å²) in [6, 6.07) is 9.91. The van der Waals surface area contributed by atoms with Crippen LogP contribution in [-0.2, 0) is 9.59 Å². The van der Waals surface area contributed by atoms with Gasteiger partial charge in [0.25, 0.3) is 0 Å². The standard InChI is InChI=1S/C20H22O7/c1-4-20(2,3)19(24)27-14-7-5-13(6-8-14)26-18(23)12-25-15-9-10-16(21)17(22)11-15/h5-11,21-22H,4,12H2,1-3H3. The van der Waals surface area contributed by atoms with E-state index in [1.54, 1.807) is 13.8 Å². The maximum absolute atomic E-state index is 12.0. The van der Waals surface area contributed by atoms with Crippen LogP contribution in [0, 0.1) is 5.41 Å². The molecule has 0 fully saturated rings. The van der Waals surface area contributed by atoms with Gasteiger partial charge in [-0.1, -0.05) is 6.92 Å². The Morgan fingerprint density at radius 2 is 1.44 bits per heavy atom. The van der Waals surface area contributed by atoms with Gasteiger partial charge < -0.3 is 24.4 Å². The molecule has 144 valence electrons. The summed E-state index contributed by atoms with van der Waals surface area (Å²) in [6.07, 6.45) is 0.653. The second-order valence-corrected chi connectivity index (χ2v) is 6.51. The maximum Gasteiger partial charge on any atom is 0.349 e. The molecule has 0 saturated heterocycles. The number of phenolic OH excluding ortho intramolecular Hbond substituents is 2. The third kappa shape index (κ3) is 5.64. The van der Waals surface area contributed by atoms with Gasteiger partial charge in [-0.25, -0.2) is 4.79 Å². The second-order valence-electron chi connectivity index (χ2n) is 6.51. The number of phenols is 2. The van der Waals surface area contributed by atoms with Gasteiger partial charge in [-0.05, 0) is 56.7 Å². The molecular weight excluding hydrogens is 352 g/mol. The molecule has 0 unspecified atom stereocenters. The number of hydrogen-bond donors (Lipinski definition) is 2. The van der Waals surface area contributed by atoms with Crippen molar-refractivity contribution in [2.24, 2.45) is 5.41 Å². The fraction of sp³-hybridized carbons (Fsp3) is 0.300. The first-order valence-corrected chi connectivity index (χ1v) is 8.39. The minimum Gasteiger partial charge on any atom is -0.504 e. The maximum atomic E-state index is 12.0. The van der Waals surface area contributed by atoms with Gasteiger partial charge in [-0.2, -0.15) is 0 Å². The predicted octanol–water partition coefficient (Wildman–Crippen LogP) is 3.42. The van der Waals surface area contributed by atoms with E-state index in [9.17, 15) is 19.8 Å². The van der Waals surface area contributed by atoms with Crippen LogP contribution in [0.4, 0.5) is 0 Å². The van der Waals surface area contributed by atoms with E-state index in [1.807, 2.05) is 6.92 Å². The second kappa shape index (κ2) is 8.44. The van der Waals surface area contributed by atoms with Gasteiger partial charge in [-0.3, -0.25) is 4.79 Å². The highest BCUT2D eigenvalue weighted by molar-refractivity contribution is 5.78. The summed E-state index contributed by atoms with van der Waals surface area (Å²) in [7, 11) is 0. The highest BCUT2D eigenvalue weighted by Crippen LogP contribution is 2.28. The molecule has 0 bridgehead atoms. The highest BCUT2D eigenvalue weighted by atomic mass is 16.6. The Hall–Kier alpha value is -3.22. The first-order valence-electron chi connectivity index (χ1n) is 8.39. The van der Waals surface area contributed by atoms with Crippen molar-refractivity contribution < 1.29 is 34.0 Å². The smallest absolute Gasteiger partial charge is 0.349 e. The summed E-state index contributed by atoms with van der Waals surface area (Å²) in [6.45, 7) is 5.13.